The van der Waals surface area contributed by atoms with E-state index < -0.39 is 0 Å². The lowest BCUT2D eigenvalue weighted by molar-refractivity contribution is 0.0971. The Kier molecular flexibility index (Phi) is 4.77. The van der Waals surface area contributed by atoms with Crippen LogP contribution in [0.15, 0.2) is 63.5 Å². The molecule has 1 aliphatic carbocycles. The molecule has 1 N–H and O–H groups in total. The maximum absolute atomic E-state index is 13.4. The van der Waals surface area contributed by atoms with Crippen LogP contribution in [0.5, 0.6) is 0 Å². The molecule has 1 aliphatic rings. The Morgan fingerprint density at radius 1 is 0.857 bits per heavy atom. The SMILES string of the molecule is CNc1cc2c(c(C(=O)c3ccccc3Br)c1Br)C(=O)c1ccccc1C2=O. The van der Waals surface area contributed by atoms with Gasteiger partial charge in [-0.25, -0.2) is 0 Å². The number of halogens is 2. The van der Waals surface area contributed by atoms with Gasteiger partial charge in [0.15, 0.2) is 17.3 Å². The first kappa shape index (κ1) is 18.8. The molecular formula is C22H13Br2NO3. The maximum Gasteiger partial charge on any atom is 0.196 e. The van der Waals surface area contributed by atoms with Crippen LogP contribution in [0.4, 0.5) is 5.69 Å². The lowest BCUT2D eigenvalue weighted by Crippen LogP contribution is -2.25. The van der Waals surface area contributed by atoms with Gasteiger partial charge in [-0.1, -0.05) is 52.3 Å². The van der Waals surface area contributed by atoms with Crippen molar-refractivity contribution in [2.45, 2.75) is 0 Å². The Hall–Kier alpha value is -2.57. The molecule has 28 heavy (non-hydrogen) atoms. The first-order valence-electron chi connectivity index (χ1n) is 8.47. The third-order valence-corrected chi connectivity index (χ3v) is 6.28. The molecule has 0 aromatic heterocycles. The van der Waals surface area contributed by atoms with Crippen LogP contribution in [0, 0.1) is 0 Å². The second-order valence-corrected chi connectivity index (χ2v) is 7.95. The maximum atomic E-state index is 13.4. The number of carbonyl (C=O) groups is 3. The van der Waals surface area contributed by atoms with E-state index in [1.54, 1.807) is 61.6 Å². The summed E-state index contributed by atoms with van der Waals surface area (Å²) < 4.78 is 1.07. The molecule has 6 heteroatoms. The molecule has 0 atom stereocenters. The highest BCUT2D eigenvalue weighted by Crippen LogP contribution is 2.39. The molecule has 3 aromatic carbocycles. The summed E-state index contributed by atoms with van der Waals surface area (Å²) in [6.45, 7) is 0. The van der Waals surface area contributed by atoms with Gasteiger partial charge in [0.05, 0.1) is 10.0 Å². The fourth-order valence-electron chi connectivity index (χ4n) is 3.41. The van der Waals surface area contributed by atoms with E-state index in [0.29, 0.717) is 31.3 Å². The van der Waals surface area contributed by atoms with Crippen LogP contribution in [-0.2, 0) is 0 Å². The monoisotopic (exact) mass is 497 g/mol. The van der Waals surface area contributed by atoms with Crippen LogP contribution in [0.2, 0.25) is 0 Å². The minimum absolute atomic E-state index is 0.135. The van der Waals surface area contributed by atoms with Crippen molar-refractivity contribution >= 4 is 54.9 Å². The van der Waals surface area contributed by atoms with Crippen molar-refractivity contribution in [1.82, 2.24) is 0 Å². The van der Waals surface area contributed by atoms with Crippen molar-refractivity contribution in [3.8, 4) is 0 Å². The molecule has 4 nitrogen and oxygen atoms in total. The van der Waals surface area contributed by atoms with E-state index in [4.69, 9.17) is 0 Å². The molecule has 0 saturated heterocycles. The minimum atomic E-state index is -0.340. The summed E-state index contributed by atoms with van der Waals surface area (Å²) in [4.78, 5) is 39.8. The number of benzene rings is 3. The van der Waals surface area contributed by atoms with E-state index in [0.717, 1.165) is 0 Å². The van der Waals surface area contributed by atoms with Crippen LogP contribution < -0.4 is 5.32 Å². The molecule has 0 amide bonds. The van der Waals surface area contributed by atoms with Gasteiger partial charge in [0, 0.05) is 45.0 Å². The zero-order valence-electron chi connectivity index (χ0n) is 14.7. The number of nitrogens with one attached hydrogen (secondary N) is 1. The van der Waals surface area contributed by atoms with Gasteiger partial charge >= 0.3 is 0 Å². The quantitative estimate of drug-likeness (QED) is 0.391. The van der Waals surface area contributed by atoms with Crippen molar-refractivity contribution < 1.29 is 14.4 Å². The molecule has 0 unspecified atom stereocenters. The molecule has 3 aromatic rings. The normalized spacial score (nSPS) is 12.4. The van der Waals surface area contributed by atoms with Gasteiger partial charge in [0.1, 0.15) is 0 Å². The van der Waals surface area contributed by atoms with E-state index in [2.05, 4.69) is 37.2 Å². The topological polar surface area (TPSA) is 63.2 Å². The molecule has 0 saturated carbocycles. The van der Waals surface area contributed by atoms with E-state index in [-0.39, 0.29) is 34.0 Å². The number of anilines is 1. The molecule has 0 radical (unpaired) electrons. The predicted octanol–water partition coefficient (Wildman–Crippen LogP) is 5.26. The molecule has 0 aliphatic heterocycles. The summed E-state index contributed by atoms with van der Waals surface area (Å²) in [6, 6.07) is 15.3. The predicted molar refractivity (Wildman–Crippen MR) is 115 cm³/mol. The third kappa shape index (κ3) is 2.75. The zero-order valence-corrected chi connectivity index (χ0v) is 17.8. The molecule has 4 rings (SSSR count). The number of fused-ring (bicyclic) bond motifs is 2. The van der Waals surface area contributed by atoms with E-state index in [1.165, 1.54) is 0 Å². The fraction of sp³-hybridized carbons (Fsp3) is 0.0455. The summed E-state index contributed by atoms with van der Waals surface area (Å²) in [7, 11) is 1.70. The van der Waals surface area contributed by atoms with Gasteiger partial charge in [-0.3, -0.25) is 14.4 Å². The zero-order chi connectivity index (χ0) is 20.0. The third-order valence-electron chi connectivity index (χ3n) is 4.77. The van der Waals surface area contributed by atoms with Crippen LogP contribution in [-0.4, -0.2) is 24.4 Å². The van der Waals surface area contributed by atoms with E-state index >= 15 is 0 Å². The van der Waals surface area contributed by atoms with Crippen molar-refractivity contribution in [3.05, 3.63) is 96.9 Å². The Morgan fingerprint density at radius 2 is 1.46 bits per heavy atom. The fourth-order valence-corrected chi connectivity index (χ4v) is 4.56. The van der Waals surface area contributed by atoms with Crippen molar-refractivity contribution in [3.63, 3.8) is 0 Å². The summed E-state index contributed by atoms with van der Waals surface area (Å²) in [5.74, 6) is -0.937. The molecular weight excluding hydrogens is 486 g/mol. The smallest absolute Gasteiger partial charge is 0.196 e. The lowest BCUT2D eigenvalue weighted by atomic mass is 9.80. The van der Waals surface area contributed by atoms with E-state index in [9.17, 15) is 14.4 Å². The first-order valence-corrected chi connectivity index (χ1v) is 10.1. The van der Waals surface area contributed by atoms with Gasteiger partial charge in [0.2, 0.25) is 0 Å². The van der Waals surface area contributed by atoms with Gasteiger partial charge in [-0.2, -0.15) is 0 Å². The summed E-state index contributed by atoms with van der Waals surface area (Å²) in [5.41, 5.74) is 2.19. The minimum Gasteiger partial charge on any atom is -0.387 e. The molecule has 0 spiro atoms. The molecule has 0 heterocycles. The summed E-state index contributed by atoms with van der Waals surface area (Å²) in [5, 5.41) is 2.99. The lowest BCUT2D eigenvalue weighted by Gasteiger charge is -2.22. The second-order valence-electron chi connectivity index (χ2n) is 6.30. The van der Waals surface area contributed by atoms with Crippen LogP contribution in [0.3, 0.4) is 0 Å². The average Bonchev–Trinajstić information content (AvgIpc) is 2.71. The average molecular weight is 499 g/mol. The molecule has 0 fully saturated rings. The van der Waals surface area contributed by atoms with Crippen LogP contribution in [0.1, 0.15) is 47.8 Å². The molecule has 0 bridgehead atoms. The number of ketones is 3. The Bertz CT molecular complexity index is 1180. The van der Waals surface area contributed by atoms with Crippen molar-refractivity contribution in [1.29, 1.82) is 0 Å². The Morgan fingerprint density at radius 3 is 2.11 bits per heavy atom. The summed E-state index contributed by atoms with van der Waals surface area (Å²) >= 11 is 6.87. The van der Waals surface area contributed by atoms with Gasteiger partial charge in [-0.05, 0) is 34.1 Å². The molecule has 138 valence electrons. The number of hydrogen-bond donors (Lipinski definition) is 1. The van der Waals surface area contributed by atoms with Crippen LogP contribution >= 0.6 is 31.9 Å². The van der Waals surface area contributed by atoms with Crippen molar-refractivity contribution in [2.24, 2.45) is 0 Å². The highest BCUT2D eigenvalue weighted by Gasteiger charge is 2.36. The van der Waals surface area contributed by atoms with Gasteiger partial charge in [-0.15, -0.1) is 0 Å². The second kappa shape index (κ2) is 7.11. The number of carbonyl (C=O) groups excluding carboxylic acids is 3. The highest BCUT2D eigenvalue weighted by atomic mass is 79.9. The standard InChI is InChI=1S/C22H13Br2NO3/c1-25-16-10-14-17(21(27)12-7-3-2-6-11(12)20(14)26)18(19(16)24)22(28)13-8-4-5-9-15(13)23/h2-10,25H,1H3. The number of hydrogen-bond acceptors (Lipinski definition) is 4. The Balaban J connectivity index is 2.05. The van der Waals surface area contributed by atoms with Crippen molar-refractivity contribution in [2.75, 3.05) is 12.4 Å². The first-order chi connectivity index (χ1) is 13.5. The Labute approximate surface area is 178 Å². The summed E-state index contributed by atoms with van der Waals surface area (Å²) in [6.07, 6.45) is 0. The van der Waals surface area contributed by atoms with Gasteiger partial charge < -0.3 is 5.32 Å². The van der Waals surface area contributed by atoms with E-state index in [1.807, 2.05) is 0 Å². The van der Waals surface area contributed by atoms with Gasteiger partial charge in [0.25, 0.3) is 0 Å². The number of rotatable bonds is 3. The highest BCUT2D eigenvalue weighted by molar-refractivity contribution is 9.11. The largest absolute Gasteiger partial charge is 0.387 e. The van der Waals surface area contributed by atoms with Crippen LogP contribution in [0.25, 0.3) is 0 Å².